The summed E-state index contributed by atoms with van der Waals surface area (Å²) in [6.07, 6.45) is 0.413. The quantitative estimate of drug-likeness (QED) is 0.423. The highest BCUT2D eigenvalue weighted by Gasteiger charge is 1.90. The molecule has 0 aliphatic heterocycles. The Bertz CT molecular complexity index is 150. The summed E-state index contributed by atoms with van der Waals surface area (Å²) in [5.41, 5.74) is 0.939. The highest BCUT2D eigenvalue weighted by Crippen LogP contribution is 1.94. The van der Waals surface area contributed by atoms with E-state index >= 15 is 0 Å². The van der Waals surface area contributed by atoms with Crippen molar-refractivity contribution >= 4 is 5.71 Å². The standard InChI is InChI=1S/C6H8N2/c1-5(2)3-6(8)4-7/h8H,1,3H2,2H3. The first kappa shape index (κ1) is 6.90. The van der Waals surface area contributed by atoms with Gasteiger partial charge in [0.05, 0.1) is 0 Å². The lowest BCUT2D eigenvalue weighted by molar-refractivity contribution is 1.25. The maximum absolute atomic E-state index is 8.07. The van der Waals surface area contributed by atoms with Gasteiger partial charge in [0, 0.05) is 6.42 Å². The molecule has 0 aliphatic carbocycles. The van der Waals surface area contributed by atoms with Crippen molar-refractivity contribution in [2.45, 2.75) is 13.3 Å². The van der Waals surface area contributed by atoms with Crippen molar-refractivity contribution in [1.82, 2.24) is 0 Å². The molecular formula is C6H8N2. The second-order valence-corrected chi connectivity index (χ2v) is 1.72. The number of hydrogen-bond acceptors (Lipinski definition) is 2. The van der Waals surface area contributed by atoms with Gasteiger partial charge in [0.15, 0.2) is 0 Å². The van der Waals surface area contributed by atoms with Gasteiger partial charge in [-0.25, -0.2) is 0 Å². The van der Waals surface area contributed by atoms with Gasteiger partial charge in [-0.2, -0.15) is 5.26 Å². The smallest absolute Gasteiger partial charge is 0.114 e. The first-order valence-electron chi connectivity index (χ1n) is 2.28. The minimum absolute atomic E-state index is 0.0810. The molecule has 0 bridgehead atoms. The first-order valence-corrected chi connectivity index (χ1v) is 2.28. The number of rotatable bonds is 2. The number of nitriles is 1. The predicted molar refractivity (Wildman–Crippen MR) is 32.8 cm³/mol. The summed E-state index contributed by atoms with van der Waals surface area (Å²) in [6.45, 7) is 5.35. The van der Waals surface area contributed by atoms with E-state index in [4.69, 9.17) is 10.7 Å². The molecule has 0 amide bonds. The number of hydrogen-bond donors (Lipinski definition) is 1. The molecule has 0 aliphatic rings. The summed E-state index contributed by atoms with van der Waals surface area (Å²) in [6, 6.07) is 1.72. The van der Waals surface area contributed by atoms with Gasteiger partial charge < -0.3 is 0 Å². The van der Waals surface area contributed by atoms with Crippen LogP contribution >= 0.6 is 0 Å². The Balaban J connectivity index is 3.61. The summed E-state index contributed by atoms with van der Waals surface area (Å²) >= 11 is 0. The molecule has 0 atom stereocenters. The maximum atomic E-state index is 8.07. The van der Waals surface area contributed by atoms with Crippen molar-refractivity contribution < 1.29 is 0 Å². The normalized spacial score (nSPS) is 7.50. The molecule has 0 radical (unpaired) electrons. The van der Waals surface area contributed by atoms with Crippen LogP contribution in [0.4, 0.5) is 0 Å². The molecule has 0 saturated carbocycles. The minimum Gasteiger partial charge on any atom is -0.294 e. The highest BCUT2D eigenvalue weighted by molar-refractivity contribution is 5.97. The van der Waals surface area contributed by atoms with E-state index in [0.29, 0.717) is 6.42 Å². The van der Waals surface area contributed by atoms with Crippen molar-refractivity contribution in [2.24, 2.45) is 0 Å². The molecule has 0 unspecified atom stereocenters. The van der Waals surface area contributed by atoms with Gasteiger partial charge in [0.2, 0.25) is 0 Å². The lowest BCUT2D eigenvalue weighted by atomic mass is 10.2. The zero-order chi connectivity index (χ0) is 6.57. The number of nitrogens with zero attached hydrogens (tertiary/aromatic N) is 1. The Hall–Kier alpha value is -1.10. The van der Waals surface area contributed by atoms with Gasteiger partial charge in [-0.1, -0.05) is 12.2 Å². The van der Waals surface area contributed by atoms with E-state index in [1.807, 2.05) is 0 Å². The van der Waals surface area contributed by atoms with E-state index in [9.17, 15) is 0 Å². The van der Waals surface area contributed by atoms with Crippen molar-refractivity contribution in [3.63, 3.8) is 0 Å². The lowest BCUT2D eigenvalue weighted by Crippen LogP contribution is -1.89. The molecule has 1 N–H and O–H groups in total. The molecule has 0 aromatic rings. The van der Waals surface area contributed by atoms with Crippen LogP contribution in [0.1, 0.15) is 13.3 Å². The second-order valence-electron chi connectivity index (χ2n) is 1.72. The topological polar surface area (TPSA) is 47.6 Å². The van der Waals surface area contributed by atoms with E-state index in [2.05, 4.69) is 6.58 Å². The van der Waals surface area contributed by atoms with Crippen LogP contribution in [0.25, 0.3) is 0 Å². The molecule has 0 aromatic heterocycles. The summed E-state index contributed by atoms with van der Waals surface area (Å²) in [7, 11) is 0. The number of nitrogens with one attached hydrogen (secondary N) is 1. The van der Waals surface area contributed by atoms with Gasteiger partial charge in [0.1, 0.15) is 11.8 Å². The average molecular weight is 108 g/mol. The van der Waals surface area contributed by atoms with Gasteiger partial charge in [-0.05, 0) is 6.92 Å². The Morgan fingerprint density at radius 2 is 2.38 bits per heavy atom. The Morgan fingerprint density at radius 3 is 2.50 bits per heavy atom. The van der Waals surface area contributed by atoms with Crippen molar-refractivity contribution in [3.8, 4) is 6.07 Å². The molecule has 0 heterocycles. The zero-order valence-electron chi connectivity index (χ0n) is 4.86. The van der Waals surface area contributed by atoms with E-state index in [-0.39, 0.29) is 5.71 Å². The molecule has 0 spiro atoms. The van der Waals surface area contributed by atoms with Crippen LogP contribution in [0.15, 0.2) is 12.2 Å². The van der Waals surface area contributed by atoms with Gasteiger partial charge in [-0.3, -0.25) is 5.41 Å². The fourth-order valence-corrected chi connectivity index (χ4v) is 0.341. The number of allylic oxidation sites excluding steroid dienone is 1. The van der Waals surface area contributed by atoms with Crippen LogP contribution in [0.3, 0.4) is 0 Å². The first-order chi connectivity index (χ1) is 3.66. The Morgan fingerprint density at radius 1 is 1.88 bits per heavy atom. The van der Waals surface area contributed by atoms with Gasteiger partial charge >= 0.3 is 0 Å². The van der Waals surface area contributed by atoms with E-state index in [1.165, 1.54) is 0 Å². The van der Waals surface area contributed by atoms with Crippen molar-refractivity contribution in [1.29, 1.82) is 10.7 Å². The van der Waals surface area contributed by atoms with Crippen molar-refractivity contribution in [2.75, 3.05) is 0 Å². The average Bonchev–Trinajstić information content (AvgIpc) is 1.65. The third-order valence-electron chi connectivity index (χ3n) is 0.614. The fraction of sp³-hybridized carbons (Fsp3) is 0.333. The van der Waals surface area contributed by atoms with Crippen LogP contribution < -0.4 is 0 Å². The summed E-state index contributed by atoms with van der Waals surface area (Å²) in [5.74, 6) is 0. The molecule has 8 heavy (non-hydrogen) atoms. The van der Waals surface area contributed by atoms with E-state index in [0.717, 1.165) is 5.57 Å². The minimum atomic E-state index is 0.0810. The van der Waals surface area contributed by atoms with Gasteiger partial charge in [0.25, 0.3) is 0 Å². The predicted octanol–water partition coefficient (Wildman–Crippen LogP) is 1.50. The summed E-state index contributed by atoms with van der Waals surface area (Å²) < 4.78 is 0. The molecule has 0 rings (SSSR count). The SMILES string of the molecule is C=C(C)CC(=N)C#N. The fourth-order valence-electron chi connectivity index (χ4n) is 0.341. The third kappa shape index (κ3) is 3.10. The molecule has 2 heteroatoms. The van der Waals surface area contributed by atoms with Crippen LogP contribution in [0.5, 0.6) is 0 Å². The maximum Gasteiger partial charge on any atom is 0.114 e. The third-order valence-corrected chi connectivity index (χ3v) is 0.614. The van der Waals surface area contributed by atoms with Crippen LogP contribution in [-0.4, -0.2) is 5.71 Å². The monoisotopic (exact) mass is 108 g/mol. The van der Waals surface area contributed by atoms with Gasteiger partial charge in [-0.15, -0.1) is 0 Å². The van der Waals surface area contributed by atoms with Crippen LogP contribution in [0.2, 0.25) is 0 Å². The largest absolute Gasteiger partial charge is 0.294 e. The molecule has 42 valence electrons. The summed E-state index contributed by atoms with van der Waals surface area (Å²) in [4.78, 5) is 0. The van der Waals surface area contributed by atoms with E-state index in [1.54, 1.807) is 13.0 Å². The second kappa shape index (κ2) is 2.98. The summed E-state index contributed by atoms with van der Waals surface area (Å²) in [5, 5.41) is 14.9. The molecule has 2 nitrogen and oxygen atoms in total. The Kier molecular flexibility index (Phi) is 2.57. The van der Waals surface area contributed by atoms with Crippen molar-refractivity contribution in [3.05, 3.63) is 12.2 Å². The van der Waals surface area contributed by atoms with E-state index < -0.39 is 0 Å². The zero-order valence-corrected chi connectivity index (χ0v) is 4.86. The molecule has 0 fully saturated rings. The molecule has 0 aromatic carbocycles. The lowest BCUT2D eigenvalue weighted by Gasteiger charge is -1.88. The van der Waals surface area contributed by atoms with Crippen LogP contribution in [-0.2, 0) is 0 Å². The molecule has 0 saturated heterocycles. The van der Waals surface area contributed by atoms with Crippen LogP contribution in [0, 0.1) is 16.7 Å². The Labute approximate surface area is 49.0 Å². The molecular weight excluding hydrogens is 100 g/mol. The highest BCUT2D eigenvalue weighted by atomic mass is 14.4.